The van der Waals surface area contributed by atoms with Crippen molar-refractivity contribution < 1.29 is 33.9 Å². The smallest absolute Gasteiger partial charge is 0.338 e. The first-order valence-electron chi connectivity index (χ1n) is 6.24. The van der Waals surface area contributed by atoms with Crippen molar-refractivity contribution in [1.82, 2.24) is 0 Å². The number of nitrogens with zero attached hydrogens (tertiary/aromatic N) is 1. The van der Waals surface area contributed by atoms with E-state index < -0.39 is 28.5 Å². The van der Waals surface area contributed by atoms with E-state index in [0.717, 1.165) is 19.2 Å². The fourth-order valence-electron chi connectivity index (χ4n) is 1.52. The summed E-state index contributed by atoms with van der Waals surface area (Å²) in [6.07, 6.45) is -0.455. The molecule has 0 spiro atoms. The number of nitro groups is 1. The van der Waals surface area contributed by atoms with Gasteiger partial charge in [-0.05, 0) is 18.6 Å². The van der Waals surface area contributed by atoms with Gasteiger partial charge in [0.1, 0.15) is 0 Å². The lowest BCUT2D eigenvalue weighted by molar-refractivity contribution is -0.385. The molecular weight excluding hydrogens is 310 g/mol. The molecule has 0 unspecified atom stereocenters. The van der Waals surface area contributed by atoms with Crippen LogP contribution in [0.25, 0.3) is 0 Å². The molecule has 122 valence electrons. The van der Waals surface area contributed by atoms with E-state index in [1.165, 1.54) is 6.07 Å². The highest BCUT2D eigenvalue weighted by atomic mass is 16.6. The van der Waals surface area contributed by atoms with E-state index in [4.69, 9.17) is 9.84 Å². The topological polar surface area (TPSA) is 133 Å². The largest absolute Gasteiger partial charge is 0.478 e. The molecule has 0 bridgehead atoms. The second-order valence-electron chi connectivity index (χ2n) is 4.31. The maximum absolute atomic E-state index is 11.6. The predicted octanol–water partition coefficient (Wildman–Crippen LogP) is 1.71. The molecule has 0 saturated carbocycles. The molecular formula is C14H13NO8. The standard InChI is InChI=1S/C14H13NO8/c1-8(13(17)18)3-6-12(16)23-11-5-4-9(14(19)22-2)7-10(11)15(20)21/h4-5,7H,1,3,6H2,2H3,(H,17,18). The Hall–Kier alpha value is -3.23. The molecule has 0 aliphatic carbocycles. The van der Waals surface area contributed by atoms with E-state index in [2.05, 4.69) is 11.3 Å². The van der Waals surface area contributed by atoms with Gasteiger partial charge in [-0.1, -0.05) is 6.58 Å². The monoisotopic (exact) mass is 323 g/mol. The first kappa shape index (κ1) is 17.8. The number of hydrogen-bond donors (Lipinski definition) is 1. The lowest BCUT2D eigenvalue weighted by Gasteiger charge is -2.06. The number of methoxy groups -OCH3 is 1. The Morgan fingerprint density at radius 1 is 1.30 bits per heavy atom. The zero-order valence-electron chi connectivity index (χ0n) is 12.1. The summed E-state index contributed by atoms with van der Waals surface area (Å²) in [5.41, 5.74) is -0.839. The first-order valence-corrected chi connectivity index (χ1v) is 6.24. The molecule has 0 aliphatic rings. The van der Waals surface area contributed by atoms with E-state index in [1.807, 2.05) is 0 Å². The number of carboxylic acids is 1. The van der Waals surface area contributed by atoms with Crippen LogP contribution in [-0.4, -0.2) is 35.0 Å². The van der Waals surface area contributed by atoms with Crippen LogP contribution in [0, 0.1) is 10.1 Å². The fourth-order valence-corrected chi connectivity index (χ4v) is 1.52. The van der Waals surface area contributed by atoms with Crippen molar-refractivity contribution in [2.75, 3.05) is 7.11 Å². The summed E-state index contributed by atoms with van der Waals surface area (Å²) >= 11 is 0. The SMILES string of the molecule is C=C(CCC(=O)Oc1ccc(C(=O)OC)cc1[N+](=O)[O-])C(=O)O. The maximum atomic E-state index is 11.6. The van der Waals surface area contributed by atoms with Crippen LogP contribution in [-0.2, 0) is 14.3 Å². The van der Waals surface area contributed by atoms with Gasteiger partial charge in [0.15, 0.2) is 0 Å². The van der Waals surface area contributed by atoms with Crippen LogP contribution in [0.2, 0.25) is 0 Å². The Balaban J connectivity index is 2.89. The summed E-state index contributed by atoms with van der Waals surface area (Å²) in [5, 5.41) is 19.6. The number of rotatable bonds is 7. The lowest BCUT2D eigenvalue weighted by atomic mass is 10.1. The van der Waals surface area contributed by atoms with Crippen LogP contribution in [0.15, 0.2) is 30.4 Å². The van der Waals surface area contributed by atoms with Crippen molar-refractivity contribution in [3.05, 3.63) is 46.0 Å². The van der Waals surface area contributed by atoms with Crippen LogP contribution in [0.5, 0.6) is 5.75 Å². The molecule has 0 aromatic heterocycles. The summed E-state index contributed by atoms with van der Waals surface area (Å²) in [5.74, 6) is -3.23. The van der Waals surface area contributed by atoms with Gasteiger partial charge < -0.3 is 14.6 Å². The third-order valence-electron chi connectivity index (χ3n) is 2.73. The molecule has 0 radical (unpaired) electrons. The van der Waals surface area contributed by atoms with Crippen LogP contribution >= 0.6 is 0 Å². The number of nitro benzene ring substituents is 1. The molecule has 1 aromatic rings. The zero-order chi connectivity index (χ0) is 17.6. The summed E-state index contributed by atoms with van der Waals surface area (Å²) < 4.78 is 9.28. The number of benzene rings is 1. The summed E-state index contributed by atoms with van der Waals surface area (Å²) in [6.45, 7) is 3.25. The van der Waals surface area contributed by atoms with Gasteiger partial charge in [-0.15, -0.1) is 0 Å². The van der Waals surface area contributed by atoms with Gasteiger partial charge in [0, 0.05) is 11.6 Å². The Morgan fingerprint density at radius 3 is 2.48 bits per heavy atom. The van der Waals surface area contributed by atoms with Crippen molar-refractivity contribution >= 4 is 23.6 Å². The Bertz CT molecular complexity index is 679. The number of ether oxygens (including phenoxy) is 2. The number of aliphatic carboxylic acids is 1. The molecule has 0 heterocycles. The van der Waals surface area contributed by atoms with Gasteiger partial charge in [-0.3, -0.25) is 14.9 Å². The van der Waals surface area contributed by atoms with E-state index in [0.29, 0.717) is 0 Å². The molecule has 1 aromatic carbocycles. The van der Waals surface area contributed by atoms with Gasteiger partial charge in [-0.25, -0.2) is 9.59 Å². The second kappa shape index (κ2) is 7.69. The van der Waals surface area contributed by atoms with Gasteiger partial charge in [0.25, 0.3) is 0 Å². The van der Waals surface area contributed by atoms with Crippen LogP contribution in [0.3, 0.4) is 0 Å². The van der Waals surface area contributed by atoms with E-state index in [1.54, 1.807) is 0 Å². The average molecular weight is 323 g/mol. The number of hydrogen-bond acceptors (Lipinski definition) is 7. The minimum atomic E-state index is -1.24. The Labute approximate surface area is 130 Å². The third kappa shape index (κ3) is 4.92. The molecule has 1 rings (SSSR count). The highest BCUT2D eigenvalue weighted by Crippen LogP contribution is 2.28. The van der Waals surface area contributed by atoms with Crippen molar-refractivity contribution in [1.29, 1.82) is 0 Å². The molecule has 23 heavy (non-hydrogen) atoms. The van der Waals surface area contributed by atoms with Crippen molar-refractivity contribution in [3.63, 3.8) is 0 Å². The molecule has 0 aliphatic heterocycles. The lowest BCUT2D eigenvalue weighted by Crippen LogP contribution is -2.11. The summed E-state index contributed by atoms with van der Waals surface area (Å²) in [4.78, 5) is 43.7. The Morgan fingerprint density at radius 2 is 1.96 bits per heavy atom. The summed E-state index contributed by atoms with van der Waals surface area (Å²) in [7, 11) is 1.12. The van der Waals surface area contributed by atoms with Crippen LogP contribution < -0.4 is 4.74 Å². The van der Waals surface area contributed by atoms with Crippen molar-refractivity contribution in [2.45, 2.75) is 12.8 Å². The molecule has 9 heteroatoms. The number of carbonyl (C=O) groups is 3. The Kier molecular flexibility index (Phi) is 5.95. The molecule has 0 saturated heterocycles. The summed E-state index contributed by atoms with van der Waals surface area (Å²) in [6, 6.07) is 3.22. The first-order chi connectivity index (χ1) is 10.8. The second-order valence-corrected chi connectivity index (χ2v) is 4.31. The van der Waals surface area contributed by atoms with Gasteiger partial charge in [-0.2, -0.15) is 0 Å². The quantitative estimate of drug-likeness (QED) is 0.263. The van der Waals surface area contributed by atoms with Gasteiger partial charge in [0.05, 0.1) is 24.0 Å². The highest BCUT2D eigenvalue weighted by Gasteiger charge is 2.21. The fraction of sp³-hybridized carbons (Fsp3) is 0.214. The number of esters is 2. The molecule has 0 amide bonds. The van der Waals surface area contributed by atoms with Crippen LogP contribution in [0.1, 0.15) is 23.2 Å². The predicted molar refractivity (Wildman–Crippen MR) is 76.1 cm³/mol. The molecule has 1 N–H and O–H groups in total. The minimum Gasteiger partial charge on any atom is -0.478 e. The van der Waals surface area contributed by atoms with E-state index in [-0.39, 0.29) is 29.7 Å². The van der Waals surface area contributed by atoms with Gasteiger partial charge >= 0.3 is 23.6 Å². The molecule has 0 fully saturated rings. The molecule has 9 nitrogen and oxygen atoms in total. The third-order valence-corrected chi connectivity index (χ3v) is 2.73. The zero-order valence-corrected chi connectivity index (χ0v) is 12.1. The van der Waals surface area contributed by atoms with Crippen molar-refractivity contribution in [3.8, 4) is 5.75 Å². The maximum Gasteiger partial charge on any atom is 0.338 e. The van der Waals surface area contributed by atoms with Crippen molar-refractivity contribution in [2.24, 2.45) is 0 Å². The van der Waals surface area contributed by atoms with E-state index in [9.17, 15) is 24.5 Å². The number of carboxylic acid groups (broad SMARTS) is 1. The average Bonchev–Trinajstić information content (AvgIpc) is 2.51. The van der Waals surface area contributed by atoms with Gasteiger partial charge in [0.2, 0.25) is 5.75 Å². The minimum absolute atomic E-state index is 0.0711. The normalized spacial score (nSPS) is 9.78. The highest BCUT2D eigenvalue weighted by molar-refractivity contribution is 5.91. The molecule has 0 atom stereocenters. The van der Waals surface area contributed by atoms with Crippen LogP contribution in [0.4, 0.5) is 5.69 Å². The van der Waals surface area contributed by atoms with E-state index >= 15 is 0 Å². The number of carbonyl (C=O) groups excluding carboxylic acids is 2.